The van der Waals surface area contributed by atoms with Gasteiger partial charge in [0.1, 0.15) is 0 Å². The van der Waals surface area contributed by atoms with Crippen molar-refractivity contribution in [3.05, 3.63) is 95.3 Å². The molecule has 7 heteroatoms. The summed E-state index contributed by atoms with van der Waals surface area (Å²) in [6.07, 6.45) is -2.09. The molecule has 1 amide bonds. The standard InChI is InChI=1S/C31H34N2O5/c1-20-29(25-13-12-23-10-6-7-11-24(23)16-25)30(31(38)32-19-22-8-4-3-5-9-22)21(2)33(20)15-14-26(34)17-27(35)18-28(36)37/h3-13,16,26-27,34-35H,14-15,17-19H2,1-2H3,(H,32,38)(H,36,37)/t26-,27-/m1/s1. The van der Waals surface area contributed by atoms with E-state index in [0.29, 0.717) is 25.1 Å². The summed E-state index contributed by atoms with van der Waals surface area (Å²) in [5, 5.41) is 34.5. The Morgan fingerprint density at radius 3 is 2.26 bits per heavy atom. The molecule has 0 saturated carbocycles. The Balaban J connectivity index is 1.65. The number of carbonyl (C=O) groups is 2. The summed E-state index contributed by atoms with van der Waals surface area (Å²) in [7, 11) is 0. The smallest absolute Gasteiger partial charge is 0.305 e. The number of rotatable bonds is 11. The first-order chi connectivity index (χ1) is 18.2. The number of hydrogen-bond donors (Lipinski definition) is 4. The van der Waals surface area contributed by atoms with E-state index in [1.165, 1.54) is 0 Å². The second kappa shape index (κ2) is 12.1. The second-order valence-electron chi connectivity index (χ2n) is 9.73. The highest BCUT2D eigenvalue weighted by Crippen LogP contribution is 2.34. The maximum Gasteiger partial charge on any atom is 0.305 e. The fourth-order valence-electron chi connectivity index (χ4n) is 5.06. The van der Waals surface area contributed by atoms with E-state index in [2.05, 4.69) is 23.5 Å². The lowest BCUT2D eigenvalue weighted by molar-refractivity contribution is -0.139. The molecule has 2 atom stereocenters. The van der Waals surface area contributed by atoms with Gasteiger partial charge in [-0.15, -0.1) is 0 Å². The molecule has 4 rings (SSSR count). The third-order valence-electron chi connectivity index (χ3n) is 6.98. The van der Waals surface area contributed by atoms with E-state index < -0.39 is 24.6 Å². The average Bonchev–Trinajstić information content (AvgIpc) is 3.15. The highest BCUT2D eigenvalue weighted by Gasteiger charge is 2.25. The van der Waals surface area contributed by atoms with E-state index in [9.17, 15) is 19.8 Å². The number of aromatic nitrogens is 1. The van der Waals surface area contributed by atoms with E-state index in [1.54, 1.807) is 0 Å². The predicted molar refractivity (Wildman–Crippen MR) is 148 cm³/mol. The number of carbonyl (C=O) groups excluding carboxylic acids is 1. The highest BCUT2D eigenvalue weighted by molar-refractivity contribution is 6.04. The number of nitrogens with one attached hydrogen (secondary N) is 1. The zero-order chi connectivity index (χ0) is 27.2. The minimum Gasteiger partial charge on any atom is -0.481 e. The van der Waals surface area contributed by atoms with Crippen molar-refractivity contribution in [3.63, 3.8) is 0 Å². The Hall–Kier alpha value is -3.94. The van der Waals surface area contributed by atoms with E-state index >= 15 is 0 Å². The third kappa shape index (κ3) is 6.30. The Morgan fingerprint density at radius 1 is 0.868 bits per heavy atom. The van der Waals surface area contributed by atoms with Crippen LogP contribution in [0.1, 0.15) is 46.6 Å². The zero-order valence-corrected chi connectivity index (χ0v) is 21.7. The molecule has 0 bridgehead atoms. The number of aliphatic hydroxyl groups excluding tert-OH is 2. The molecule has 1 heterocycles. The van der Waals surface area contributed by atoms with Gasteiger partial charge in [-0.25, -0.2) is 0 Å². The fourth-order valence-corrected chi connectivity index (χ4v) is 5.06. The maximum atomic E-state index is 13.6. The second-order valence-corrected chi connectivity index (χ2v) is 9.73. The van der Waals surface area contributed by atoms with Crippen LogP contribution in [0.25, 0.3) is 21.9 Å². The number of fused-ring (bicyclic) bond motifs is 1. The molecule has 4 N–H and O–H groups in total. The molecule has 198 valence electrons. The maximum absolute atomic E-state index is 13.6. The summed E-state index contributed by atoms with van der Waals surface area (Å²) in [5.74, 6) is -1.28. The van der Waals surface area contributed by atoms with Gasteiger partial charge in [-0.3, -0.25) is 9.59 Å². The zero-order valence-electron chi connectivity index (χ0n) is 21.7. The summed E-state index contributed by atoms with van der Waals surface area (Å²) in [6, 6.07) is 24.0. The van der Waals surface area contributed by atoms with Crippen LogP contribution < -0.4 is 5.32 Å². The first-order valence-electron chi connectivity index (χ1n) is 12.8. The van der Waals surface area contributed by atoms with Crippen molar-refractivity contribution in [2.75, 3.05) is 0 Å². The molecule has 0 fully saturated rings. The van der Waals surface area contributed by atoms with Gasteiger partial charge in [-0.1, -0.05) is 66.7 Å². The molecule has 7 nitrogen and oxygen atoms in total. The normalized spacial score (nSPS) is 12.8. The van der Waals surface area contributed by atoms with Crippen LogP contribution >= 0.6 is 0 Å². The first-order valence-corrected chi connectivity index (χ1v) is 12.8. The van der Waals surface area contributed by atoms with Crippen molar-refractivity contribution < 1.29 is 24.9 Å². The van der Waals surface area contributed by atoms with Crippen LogP contribution in [0.5, 0.6) is 0 Å². The van der Waals surface area contributed by atoms with Crippen LogP contribution in [0, 0.1) is 13.8 Å². The number of carboxylic acid groups (broad SMARTS) is 1. The van der Waals surface area contributed by atoms with Gasteiger partial charge in [-0.05, 0) is 54.7 Å². The van der Waals surface area contributed by atoms with Crippen molar-refractivity contribution in [1.82, 2.24) is 9.88 Å². The van der Waals surface area contributed by atoms with E-state index in [1.807, 2.05) is 73.0 Å². The molecule has 38 heavy (non-hydrogen) atoms. The van der Waals surface area contributed by atoms with Crippen LogP contribution in [0.15, 0.2) is 72.8 Å². The molecule has 0 saturated heterocycles. The van der Waals surface area contributed by atoms with Gasteiger partial charge in [0.05, 0.1) is 24.2 Å². The molecular weight excluding hydrogens is 480 g/mol. The molecule has 3 aromatic carbocycles. The molecule has 0 radical (unpaired) electrons. The molecule has 0 aliphatic carbocycles. The lowest BCUT2D eigenvalue weighted by Gasteiger charge is -2.16. The summed E-state index contributed by atoms with van der Waals surface area (Å²) >= 11 is 0. The number of aliphatic carboxylic acids is 1. The van der Waals surface area contributed by atoms with Gasteiger partial charge < -0.3 is 25.2 Å². The Bertz CT molecular complexity index is 1430. The molecule has 1 aromatic heterocycles. The van der Waals surface area contributed by atoms with Crippen molar-refractivity contribution in [3.8, 4) is 11.1 Å². The third-order valence-corrected chi connectivity index (χ3v) is 6.98. The number of carboxylic acids is 1. The van der Waals surface area contributed by atoms with Crippen LogP contribution in [0.2, 0.25) is 0 Å². The highest BCUT2D eigenvalue weighted by atomic mass is 16.4. The predicted octanol–water partition coefficient (Wildman–Crippen LogP) is 4.83. The lowest BCUT2D eigenvalue weighted by atomic mass is 9.97. The Kier molecular flexibility index (Phi) is 8.61. The quantitative estimate of drug-likeness (QED) is 0.229. The largest absolute Gasteiger partial charge is 0.481 e. The Morgan fingerprint density at radius 2 is 1.55 bits per heavy atom. The molecule has 0 aliphatic rings. The van der Waals surface area contributed by atoms with Crippen molar-refractivity contribution in [2.24, 2.45) is 0 Å². The van der Waals surface area contributed by atoms with Crippen molar-refractivity contribution in [2.45, 2.75) is 58.4 Å². The summed E-state index contributed by atoms with van der Waals surface area (Å²) < 4.78 is 2.02. The van der Waals surface area contributed by atoms with E-state index in [4.69, 9.17) is 5.11 Å². The fraction of sp³-hybridized carbons (Fsp3) is 0.290. The van der Waals surface area contributed by atoms with Crippen LogP contribution in [0.4, 0.5) is 0 Å². The van der Waals surface area contributed by atoms with Crippen molar-refractivity contribution >= 4 is 22.6 Å². The number of nitrogens with zero attached hydrogens (tertiary/aromatic N) is 1. The van der Waals surface area contributed by atoms with Gasteiger partial charge in [0.25, 0.3) is 5.91 Å². The number of hydrogen-bond acceptors (Lipinski definition) is 4. The van der Waals surface area contributed by atoms with Gasteiger partial charge >= 0.3 is 5.97 Å². The van der Waals surface area contributed by atoms with Gasteiger partial charge in [-0.2, -0.15) is 0 Å². The van der Waals surface area contributed by atoms with Crippen LogP contribution in [-0.4, -0.2) is 44.0 Å². The van der Waals surface area contributed by atoms with E-state index in [0.717, 1.165) is 38.9 Å². The molecular formula is C31H34N2O5. The van der Waals surface area contributed by atoms with Crippen molar-refractivity contribution in [1.29, 1.82) is 0 Å². The number of amides is 1. The van der Waals surface area contributed by atoms with Gasteiger partial charge in [0, 0.05) is 30.0 Å². The minimum atomic E-state index is -1.11. The SMILES string of the molecule is Cc1c(C(=O)NCc2ccccc2)c(-c2ccc3ccccc3c2)c(C)n1CC[C@@H](O)C[C@@H](O)CC(=O)O. The Labute approximate surface area is 222 Å². The molecule has 4 aromatic rings. The van der Waals surface area contributed by atoms with Gasteiger partial charge in [0.2, 0.25) is 0 Å². The summed E-state index contributed by atoms with van der Waals surface area (Å²) in [4.78, 5) is 24.4. The average molecular weight is 515 g/mol. The monoisotopic (exact) mass is 514 g/mol. The molecule has 0 spiro atoms. The van der Waals surface area contributed by atoms with Crippen LogP contribution in [0.3, 0.4) is 0 Å². The lowest BCUT2D eigenvalue weighted by Crippen LogP contribution is -2.24. The van der Waals surface area contributed by atoms with E-state index in [-0.39, 0.29) is 12.3 Å². The molecule has 0 unspecified atom stereocenters. The molecule has 0 aliphatic heterocycles. The topological polar surface area (TPSA) is 112 Å². The summed E-state index contributed by atoms with van der Waals surface area (Å²) in [5.41, 5.74) is 5.07. The minimum absolute atomic E-state index is 0.0202. The number of benzene rings is 3. The van der Waals surface area contributed by atoms with Gasteiger partial charge in [0.15, 0.2) is 0 Å². The first kappa shape index (κ1) is 27.1. The summed E-state index contributed by atoms with van der Waals surface area (Å²) in [6.45, 7) is 4.70. The van der Waals surface area contributed by atoms with Crippen LogP contribution in [-0.2, 0) is 17.9 Å². The number of aliphatic hydroxyl groups is 2.